The summed E-state index contributed by atoms with van der Waals surface area (Å²) in [7, 11) is 0. The number of hydrogen-bond donors (Lipinski definition) is 1. The van der Waals surface area contributed by atoms with Gasteiger partial charge in [-0.2, -0.15) is 0 Å². The van der Waals surface area contributed by atoms with Crippen LogP contribution >= 0.6 is 35.0 Å². The van der Waals surface area contributed by atoms with Crippen molar-refractivity contribution in [2.45, 2.75) is 37.9 Å². The van der Waals surface area contributed by atoms with Crippen LogP contribution in [0.2, 0.25) is 10.0 Å². The molecule has 0 aliphatic rings. The zero-order valence-electron chi connectivity index (χ0n) is 12.3. The van der Waals surface area contributed by atoms with E-state index in [9.17, 15) is 0 Å². The van der Waals surface area contributed by atoms with E-state index >= 15 is 0 Å². The van der Waals surface area contributed by atoms with Crippen LogP contribution < -0.4 is 5.32 Å². The molecule has 2 rings (SSSR count). The topological polar surface area (TPSA) is 50.7 Å². The summed E-state index contributed by atoms with van der Waals surface area (Å²) in [6.07, 6.45) is 0. The Labute approximate surface area is 138 Å². The molecule has 0 unspecified atom stereocenters. The number of pyridine rings is 1. The molecule has 0 atom stereocenters. The van der Waals surface area contributed by atoms with Crippen LogP contribution in [0.1, 0.15) is 23.9 Å². The van der Waals surface area contributed by atoms with Crippen molar-refractivity contribution in [3.8, 4) is 0 Å². The molecule has 0 aromatic carbocycles. The molecule has 0 fully saturated rings. The van der Waals surface area contributed by atoms with E-state index in [-0.39, 0.29) is 0 Å². The van der Waals surface area contributed by atoms with Crippen molar-refractivity contribution in [2.24, 2.45) is 0 Å². The Hall–Kier alpha value is -1.04. The normalized spacial score (nSPS) is 10.8. The summed E-state index contributed by atoms with van der Waals surface area (Å²) in [5.41, 5.74) is 3.02. The maximum atomic E-state index is 6.21. The van der Waals surface area contributed by atoms with E-state index < -0.39 is 0 Å². The molecule has 7 heteroatoms. The zero-order chi connectivity index (χ0) is 15.6. The molecule has 112 valence electrons. The van der Waals surface area contributed by atoms with Gasteiger partial charge < -0.3 is 5.32 Å². The van der Waals surface area contributed by atoms with Crippen molar-refractivity contribution in [3.63, 3.8) is 0 Å². The van der Waals surface area contributed by atoms with E-state index in [1.807, 2.05) is 27.7 Å². The predicted octanol–water partition coefficient (Wildman–Crippen LogP) is 4.69. The van der Waals surface area contributed by atoms with E-state index in [1.165, 1.54) is 11.8 Å². The second-order valence-corrected chi connectivity index (χ2v) is 6.31. The lowest BCUT2D eigenvalue weighted by molar-refractivity contribution is 0.878. The number of nitrogens with one attached hydrogen (secondary N) is 1. The van der Waals surface area contributed by atoms with Gasteiger partial charge >= 0.3 is 0 Å². The van der Waals surface area contributed by atoms with Gasteiger partial charge in [-0.1, -0.05) is 23.2 Å². The van der Waals surface area contributed by atoms with Gasteiger partial charge in [-0.05, 0) is 51.1 Å². The number of anilines is 1. The summed E-state index contributed by atoms with van der Waals surface area (Å²) in [5, 5.41) is 5.37. The van der Waals surface area contributed by atoms with Crippen molar-refractivity contribution < 1.29 is 0 Å². The van der Waals surface area contributed by atoms with Crippen molar-refractivity contribution in [1.29, 1.82) is 0 Å². The Balaban J connectivity index is 2.37. The lowest BCUT2D eigenvalue weighted by Crippen LogP contribution is -2.02. The van der Waals surface area contributed by atoms with E-state index in [0.717, 1.165) is 23.5 Å². The third-order valence-electron chi connectivity index (χ3n) is 3.04. The molecular weight excluding hydrogens is 327 g/mol. The van der Waals surface area contributed by atoms with E-state index in [2.05, 4.69) is 20.3 Å². The van der Waals surface area contributed by atoms with Crippen LogP contribution in [0.5, 0.6) is 0 Å². The minimum absolute atomic E-state index is 0.492. The van der Waals surface area contributed by atoms with Gasteiger partial charge in [-0.3, -0.25) is 0 Å². The average molecular weight is 343 g/mol. The predicted molar refractivity (Wildman–Crippen MR) is 88.8 cm³/mol. The van der Waals surface area contributed by atoms with Gasteiger partial charge in [0.2, 0.25) is 0 Å². The molecule has 4 nitrogen and oxygen atoms in total. The maximum Gasteiger partial charge on any atom is 0.194 e. The van der Waals surface area contributed by atoms with Gasteiger partial charge in [-0.25, -0.2) is 15.0 Å². The molecule has 0 amide bonds. The summed E-state index contributed by atoms with van der Waals surface area (Å²) in [5.74, 6) is 0.617. The molecule has 2 aromatic heterocycles. The zero-order valence-corrected chi connectivity index (χ0v) is 14.6. The Morgan fingerprint density at radius 1 is 1.05 bits per heavy atom. The minimum atomic E-state index is 0.492. The van der Waals surface area contributed by atoms with E-state index in [0.29, 0.717) is 26.0 Å². The maximum absolute atomic E-state index is 6.21. The highest BCUT2D eigenvalue weighted by Gasteiger charge is 2.13. The average Bonchev–Trinajstić information content (AvgIpc) is 2.41. The Bertz CT molecular complexity index is 653. The number of halogens is 2. The fourth-order valence-corrected chi connectivity index (χ4v) is 3.06. The van der Waals surface area contributed by atoms with Crippen molar-refractivity contribution >= 4 is 40.8 Å². The van der Waals surface area contributed by atoms with Gasteiger partial charge in [0, 0.05) is 17.9 Å². The third kappa shape index (κ3) is 3.78. The Morgan fingerprint density at radius 2 is 1.67 bits per heavy atom. The molecule has 21 heavy (non-hydrogen) atoms. The highest BCUT2D eigenvalue weighted by atomic mass is 35.5. The Morgan fingerprint density at radius 3 is 2.24 bits per heavy atom. The van der Waals surface area contributed by atoms with E-state index in [4.69, 9.17) is 23.2 Å². The van der Waals surface area contributed by atoms with E-state index in [1.54, 1.807) is 6.07 Å². The van der Waals surface area contributed by atoms with Gasteiger partial charge in [0.05, 0.1) is 10.0 Å². The molecule has 1 N–H and O–H groups in total. The summed E-state index contributed by atoms with van der Waals surface area (Å²) >= 11 is 13.7. The second kappa shape index (κ2) is 6.81. The van der Waals surface area contributed by atoms with Gasteiger partial charge in [-0.15, -0.1) is 0 Å². The summed E-state index contributed by atoms with van der Waals surface area (Å²) < 4.78 is 0. The lowest BCUT2D eigenvalue weighted by atomic mass is 10.2. The molecule has 0 radical (unpaired) electrons. The standard InChI is InChI=1S/C14H16Cl2N4S/c1-5-17-12-10(15)6-11(16)13(20-12)21-14-18-8(3)7(2)9(4)19-14/h6H,5H2,1-4H3,(H,17,20). The monoisotopic (exact) mass is 342 g/mol. The first-order valence-electron chi connectivity index (χ1n) is 6.52. The van der Waals surface area contributed by atoms with Crippen LogP contribution in [0.15, 0.2) is 16.2 Å². The van der Waals surface area contributed by atoms with Crippen LogP contribution in [-0.2, 0) is 0 Å². The number of aromatic nitrogens is 3. The van der Waals surface area contributed by atoms with Gasteiger partial charge in [0.15, 0.2) is 5.16 Å². The van der Waals surface area contributed by atoms with Crippen molar-refractivity contribution in [3.05, 3.63) is 33.1 Å². The molecule has 0 saturated heterocycles. The number of rotatable bonds is 4. The highest BCUT2D eigenvalue weighted by molar-refractivity contribution is 7.99. The fraction of sp³-hybridized carbons (Fsp3) is 0.357. The number of aryl methyl sites for hydroxylation is 2. The van der Waals surface area contributed by atoms with Crippen LogP contribution in [0.4, 0.5) is 5.82 Å². The number of nitrogens with zero attached hydrogens (tertiary/aromatic N) is 3. The SMILES string of the molecule is CCNc1nc(Sc2nc(C)c(C)c(C)n2)c(Cl)cc1Cl. The number of hydrogen-bond acceptors (Lipinski definition) is 5. The molecule has 0 spiro atoms. The Kier molecular flexibility index (Phi) is 5.30. The smallest absolute Gasteiger partial charge is 0.194 e. The first-order chi connectivity index (χ1) is 9.92. The van der Waals surface area contributed by atoms with Crippen molar-refractivity contribution in [1.82, 2.24) is 15.0 Å². The van der Waals surface area contributed by atoms with Gasteiger partial charge in [0.1, 0.15) is 10.8 Å². The molecule has 0 saturated carbocycles. The molecule has 2 aromatic rings. The molecule has 2 heterocycles. The van der Waals surface area contributed by atoms with Crippen LogP contribution in [-0.4, -0.2) is 21.5 Å². The summed E-state index contributed by atoms with van der Waals surface area (Å²) in [6, 6.07) is 1.68. The first kappa shape index (κ1) is 16.3. The van der Waals surface area contributed by atoms with Crippen LogP contribution in [0, 0.1) is 20.8 Å². The largest absolute Gasteiger partial charge is 0.369 e. The van der Waals surface area contributed by atoms with Crippen LogP contribution in [0.3, 0.4) is 0 Å². The molecule has 0 bridgehead atoms. The minimum Gasteiger partial charge on any atom is -0.369 e. The fourth-order valence-electron chi connectivity index (χ4n) is 1.69. The van der Waals surface area contributed by atoms with Crippen molar-refractivity contribution in [2.75, 3.05) is 11.9 Å². The molecular formula is C14H16Cl2N4S. The highest BCUT2D eigenvalue weighted by Crippen LogP contribution is 2.34. The van der Waals surface area contributed by atoms with Crippen LogP contribution in [0.25, 0.3) is 0 Å². The second-order valence-electron chi connectivity index (χ2n) is 4.54. The first-order valence-corrected chi connectivity index (χ1v) is 8.09. The lowest BCUT2D eigenvalue weighted by Gasteiger charge is -2.10. The quantitative estimate of drug-likeness (QED) is 0.817. The van der Waals surface area contributed by atoms with Gasteiger partial charge in [0.25, 0.3) is 0 Å². The third-order valence-corrected chi connectivity index (χ3v) is 4.60. The summed E-state index contributed by atoms with van der Waals surface area (Å²) in [4.78, 5) is 13.4. The molecule has 0 aliphatic carbocycles. The summed E-state index contributed by atoms with van der Waals surface area (Å²) in [6.45, 7) is 8.66. The molecule has 0 aliphatic heterocycles.